The van der Waals surface area contributed by atoms with E-state index in [1.165, 1.54) is 4.90 Å². The van der Waals surface area contributed by atoms with E-state index >= 15 is 0 Å². The Hall–Kier alpha value is -3.22. The van der Waals surface area contributed by atoms with Gasteiger partial charge in [0, 0.05) is 5.39 Å². The van der Waals surface area contributed by atoms with Crippen molar-refractivity contribution in [3.63, 3.8) is 0 Å². The fourth-order valence-electron chi connectivity index (χ4n) is 3.26. The molecule has 0 saturated carbocycles. The first-order valence-electron chi connectivity index (χ1n) is 8.73. The standard InChI is InChI=1S/C22H15ClN2O3S/c1-28-19-11-10-13(14-6-2-3-7-15(14)19)12-16-20(26)24-22(29)25(21(16)27)18-9-5-4-8-17(18)23/h2-12H,1H3,(H,24,26,29)/b16-12+. The Morgan fingerprint density at radius 3 is 2.41 bits per heavy atom. The highest BCUT2D eigenvalue weighted by Gasteiger charge is 2.35. The summed E-state index contributed by atoms with van der Waals surface area (Å²) in [6.45, 7) is 0. The van der Waals surface area contributed by atoms with Crippen LogP contribution in [0.4, 0.5) is 5.69 Å². The first-order chi connectivity index (χ1) is 14.0. The quantitative estimate of drug-likeness (QED) is 0.387. The molecule has 0 atom stereocenters. The zero-order chi connectivity index (χ0) is 20.5. The molecule has 4 rings (SSSR count). The number of anilines is 1. The molecule has 1 N–H and O–H groups in total. The maximum atomic E-state index is 13.2. The molecule has 0 bridgehead atoms. The zero-order valence-electron chi connectivity index (χ0n) is 15.3. The van der Waals surface area contributed by atoms with Crippen LogP contribution in [-0.2, 0) is 9.59 Å². The van der Waals surface area contributed by atoms with Gasteiger partial charge in [-0.25, -0.2) is 0 Å². The van der Waals surface area contributed by atoms with Crippen molar-refractivity contribution in [2.75, 3.05) is 12.0 Å². The fourth-order valence-corrected chi connectivity index (χ4v) is 3.76. The van der Waals surface area contributed by atoms with Gasteiger partial charge in [0.2, 0.25) is 0 Å². The Kier molecular flexibility index (Phi) is 5.05. The third kappa shape index (κ3) is 3.37. The predicted octanol–water partition coefficient (Wildman–Crippen LogP) is 4.33. The average Bonchev–Trinajstić information content (AvgIpc) is 2.72. The van der Waals surface area contributed by atoms with Crippen molar-refractivity contribution in [2.45, 2.75) is 0 Å². The first kappa shape index (κ1) is 19.1. The number of hydrogen-bond acceptors (Lipinski definition) is 4. The topological polar surface area (TPSA) is 58.6 Å². The van der Waals surface area contributed by atoms with Crippen molar-refractivity contribution in [1.82, 2.24) is 5.32 Å². The highest BCUT2D eigenvalue weighted by Crippen LogP contribution is 2.32. The second kappa shape index (κ2) is 7.66. The molecule has 0 spiro atoms. The van der Waals surface area contributed by atoms with Gasteiger partial charge < -0.3 is 4.74 Å². The van der Waals surface area contributed by atoms with E-state index in [4.69, 9.17) is 28.6 Å². The Labute approximate surface area is 177 Å². The molecule has 1 aliphatic rings. The lowest BCUT2D eigenvalue weighted by atomic mass is 10.00. The molecule has 1 saturated heterocycles. The van der Waals surface area contributed by atoms with E-state index in [1.54, 1.807) is 43.5 Å². The molecule has 1 fully saturated rings. The Morgan fingerprint density at radius 1 is 1.00 bits per heavy atom. The van der Waals surface area contributed by atoms with Gasteiger partial charge in [-0.05, 0) is 47.4 Å². The molecule has 3 aromatic carbocycles. The van der Waals surface area contributed by atoms with Crippen molar-refractivity contribution in [1.29, 1.82) is 0 Å². The number of para-hydroxylation sites is 1. The SMILES string of the molecule is COc1ccc(/C=C2\C(=O)NC(=S)N(c3ccccc3Cl)C2=O)c2ccccc12. The number of ether oxygens (including phenoxy) is 1. The molecule has 7 heteroatoms. The van der Waals surface area contributed by atoms with Gasteiger partial charge in [0.1, 0.15) is 11.3 Å². The number of benzene rings is 3. The number of methoxy groups -OCH3 is 1. The highest BCUT2D eigenvalue weighted by molar-refractivity contribution is 7.80. The van der Waals surface area contributed by atoms with Gasteiger partial charge in [-0.3, -0.25) is 19.8 Å². The Morgan fingerprint density at radius 2 is 1.69 bits per heavy atom. The number of nitrogens with one attached hydrogen (secondary N) is 1. The van der Waals surface area contributed by atoms with E-state index < -0.39 is 11.8 Å². The third-order valence-electron chi connectivity index (χ3n) is 4.63. The molecule has 0 aliphatic carbocycles. The normalized spacial score (nSPS) is 15.7. The molecule has 5 nitrogen and oxygen atoms in total. The van der Waals surface area contributed by atoms with Gasteiger partial charge in [-0.1, -0.05) is 54.1 Å². The largest absolute Gasteiger partial charge is 0.496 e. The number of thiocarbonyl (C=S) groups is 1. The molecule has 0 aromatic heterocycles. The lowest BCUT2D eigenvalue weighted by Gasteiger charge is -2.29. The number of halogens is 1. The van der Waals surface area contributed by atoms with Crippen molar-refractivity contribution in [3.8, 4) is 5.75 Å². The minimum atomic E-state index is -0.553. The van der Waals surface area contributed by atoms with E-state index in [9.17, 15) is 9.59 Å². The van der Waals surface area contributed by atoms with Crippen LogP contribution in [-0.4, -0.2) is 24.0 Å². The maximum Gasteiger partial charge on any atom is 0.270 e. The summed E-state index contributed by atoms with van der Waals surface area (Å²) in [5, 5.41) is 4.66. The van der Waals surface area contributed by atoms with Crippen LogP contribution in [0.1, 0.15) is 5.56 Å². The minimum Gasteiger partial charge on any atom is -0.496 e. The molecule has 29 heavy (non-hydrogen) atoms. The summed E-state index contributed by atoms with van der Waals surface area (Å²) >= 11 is 11.5. The molecule has 3 aromatic rings. The number of hydrogen-bond donors (Lipinski definition) is 1. The number of fused-ring (bicyclic) bond motifs is 1. The summed E-state index contributed by atoms with van der Waals surface area (Å²) in [4.78, 5) is 27.0. The lowest BCUT2D eigenvalue weighted by Crippen LogP contribution is -2.54. The van der Waals surface area contributed by atoms with Gasteiger partial charge in [0.25, 0.3) is 11.8 Å². The molecule has 144 valence electrons. The maximum absolute atomic E-state index is 13.2. The van der Waals surface area contributed by atoms with Crippen LogP contribution in [0, 0.1) is 0 Å². The molecular formula is C22H15ClN2O3S. The van der Waals surface area contributed by atoms with E-state index in [-0.39, 0.29) is 10.7 Å². The third-order valence-corrected chi connectivity index (χ3v) is 5.24. The fraction of sp³-hybridized carbons (Fsp3) is 0.0455. The highest BCUT2D eigenvalue weighted by atomic mass is 35.5. The van der Waals surface area contributed by atoms with Crippen molar-refractivity contribution in [2.24, 2.45) is 0 Å². The van der Waals surface area contributed by atoms with E-state index in [2.05, 4.69) is 5.32 Å². The van der Waals surface area contributed by atoms with Crippen LogP contribution >= 0.6 is 23.8 Å². The molecule has 1 heterocycles. The number of carbonyl (C=O) groups excluding carboxylic acids is 2. The number of rotatable bonds is 3. The summed E-state index contributed by atoms with van der Waals surface area (Å²) in [5.41, 5.74) is 1.09. The van der Waals surface area contributed by atoms with Crippen molar-refractivity contribution in [3.05, 3.63) is 76.8 Å². The predicted molar refractivity (Wildman–Crippen MR) is 118 cm³/mol. The lowest BCUT2D eigenvalue weighted by molar-refractivity contribution is -0.122. The van der Waals surface area contributed by atoms with Gasteiger partial charge in [0.15, 0.2) is 5.11 Å². The summed E-state index contributed by atoms with van der Waals surface area (Å²) in [6.07, 6.45) is 1.56. The molecule has 2 amide bonds. The van der Waals surface area contributed by atoms with E-state index in [0.717, 1.165) is 10.8 Å². The monoisotopic (exact) mass is 422 g/mol. The van der Waals surface area contributed by atoms with Crippen LogP contribution in [0.25, 0.3) is 16.8 Å². The zero-order valence-corrected chi connectivity index (χ0v) is 16.9. The van der Waals surface area contributed by atoms with Crippen molar-refractivity contribution < 1.29 is 14.3 Å². The van der Waals surface area contributed by atoms with Crippen LogP contribution < -0.4 is 15.0 Å². The van der Waals surface area contributed by atoms with Crippen molar-refractivity contribution >= 4 is 63.3 Å². The molecular weight excluding hydrogens is 408 g/mol. The summed E-state index contributed by atoms with van der Waals surface area (Å²) in [7, 11) is 1.60. The summed E-state index contributed by atoms with van der Waals surface area (Å²) in [5.74, 6) is -0.379. The van der Waals surface area contributed by atoms with E-state index in [1.807, 2.05) is 30.3 Å². The van der Waals surface area contributed by atoms with Gasteiger partial charge >= 0.3 is 0 Å². The smallest absolute Gasteiger partial charge is 0.270 e. The van der Waals surface area contributed by atoms with Gasteiger partial charge in [-0.2, -0.15) is 0 Å². The van der Waals surface area contributed by atoms with Crippen LogP contribution in [0.5, 0.6) is 5.75 Å². The Bertz CT molecular complexity index is 1210. The van der Waals surface area contributed by atoms with Crippen LogP contribution in [0.3, 0.4) is 0 Å². The molecule has 1 aliphatic heterocycles. The summed E-state index contributed by atoms with van der Waals surface area (Å²) < 4.78 is 5.41. The minimum absolute atomic E-state index is 0.00941. The Balaban J connectivity index is 1.84. The summed E-state index contributed by atoms with van der Waals surface area (Å²) in [6, 6.07) is 18.0. The molecule has 0 radical (unpaired) electrons. The first-order valence-corrected chi connectivity index (χ1v) is 9.51. The van der Waals surface area contributed by atoms with Gasteiger partial charge in [-0.15, -0.1) is 0 Å². The number of carbonyl (C=O) groups is 2. The average molecular weight is 423 g/mol. The van der Waals surface area contributed by atoms with Gasteiger partial charge in [0.05, 0.1) is 17.8 Å². The molecule has 0 unspecified atom stereocenters. The van der Waals surface area contributed by atoms with E-state index in [0.29, 0.717) is 22.0 Å². The van der Waals surface area contributed by atoms with Crippen LogP contribution in [0.15, 0.2) is 66.2 Å². The number of nitrogens with zero attached hydrogens (tertiary/aromatic N) is 1. The van der Waals surface area contributed by atoms with Crippen LogP contribution in [0.2, 0.25) is 5.02 Å². The second-order valence-electron chi connectivity index (χ2n) is 6.31. The number of amides is 2. The second-order valence-corrected chi connectivity index (χ2v) is 7.11.